The molecule has 0 atom stereocenters. The minimum Gasteiger partial charge on any atom is -0.506 e. The van der Waals surface area contributed by atoms with Crippen LogP contribution in [0, 0.1) is 0 Å². The molecule has 5 nitrogen and oxygen atoms in total. The largest absolute Gasteiger partial charge is 0.506 e. The second-order valence-corrected chi connectivity index (χ2v) is 5.34. The molecule has 3 aromatic rings. The van der Waals surface area contributed by atoms with Gasteiger partial charge in [0.1, 0.15) is 36.0 Å². The van der Waals surface area contributed by atoms with Crippen LogP contribution >= 0.6 is 0 Å². The number of phenolic OH excluding ortho intramolecular Hbond substituents is 1. The first-order chi connectivity index (χ1) is 12.2. The Bertz CT molecular complexity index is 871. The molecule has 0 fully saturated rings. The van der Waals surface area contributed by atoms with Gasteiger partial charge in [0.05, 0.1) is 7.11 Å². The van der Waals surface area contributed by atoms with Crippen molar-refractivity contribution in [3.8, 4) is 17.2 Å². The molecule has 0 radical (unpaired) electrons. The normalized spacial score (nSPS) is 10.4. The van der Waals surface area contributed by atoms with Crippen LogP contribution < -0.4 is 9.47 Å². The zero-order valence-electron chi connectivity index (χ0n) is 13.8. The van der Waals surface area contributed by atoms with E-state index in [-0.39, 0.29) is 24.5 Å². The number of rotatable bonds is 6. The second-order valence-electron chi connectivity index (χ2n) is 5.34. The third kappa shape index (κ3) is 3.83. The number of methoxy groups -OCH3 is 1. The number of aromatic hydroxyl groups is 1. The number of carbonyl (C=O) groups is 1. The van der Waals surface area contributed by atoms with Gasteiger partial charge in [0.25, 0.3) is 0 Å². The number of benzene rings is 3. The highest BCUT2D eigenvalue weighted by Gasteiger charge is 2.15. The Balaban J connectivity index is 1.56. The van der Waals surface area contributed by atoms with Crippen LogP contribution in [-0.2, 0) is 4.74 Å². The quantitative estimate of drug-likeness (QED) is 0.547. The molecular weight excluding hydrogens is 320 g/mol. The van der Waals surface area contributed by atoms with Crippen LogP contribution in [0.4, 0.5) is 0 Å². The van der Waals surface area contributed by atoms with E-state index < -0.39 is 5.97 Å². The van der Waals surface area contributed by atoms with Crippen LogP contribution in [0.25, 0.3) is 10.8 Å². The van der Waals surface area contributed by atoms with E-state index in [1.54, 1.807) is 55.6 Å². The molecular formula is C20H18O5. The summed E-state index contributed by atoms with van der Waals surface area (Å²) in [5.74, 6) is 0.747. The monoisotopic (exact) mass is 338 g/mol. The third-order valence-electron chi connectivity index (χ3n) is 3.77. The van der Waals surface area contributed by atoms with E-state index in [0.29, 0.717) is 11.1 Å². The lowest BCUT2D eigenvalue weighted by Crippen LogP contribution is -2.12. The van der Waals surface area contributed by atoms with E-state index in [2.05, 4.69) is 0 Å². The summed E-state index contributed by atoms with van der Waals surface area (Å²) in [5, 5.41) is 11.7. The van der Waals surface area contributed by atoms with Gasteiger partial charge in [-0.1, -0.05) is 30.3 Å². The van der Waals surface area contributed by atoms with Crippen LogP contribution in [0.1, 0.15) is 10.4 Å². The first-order valence-electron chi connectivity index (χ1n) is 7.84. The lowest BCUT2D eigenvalue weighted by Gasteiger charge is -2.10. The van der Waals surface area contributed by atoms with Crippen LogP contribution in [0.3, 0.4) is 0 Å². The van der Waals surface area contributed by atoms with Gasteiger partial charge in [-0.25, -0.2) is 4.79 Å². The van der Waals surface area contributed by atoms with Gasteiger partial charge in [0.15, 0.2) is 0 Å². The molecule has 5 heteroatoms. The summed E-state index contributed by atoms with van der Waals surface area (Å²) in [6, 6.07) is 17.8. The average molecular weight is 338 g/mol. The van der Waals surface area contributed by atoms with Crippen molar-refractivity contribution in [3.63, 3.8) is 0 Å². The molecule has 128 valence electrons. The Kier molecular flexibility index (Phi) is 5.04. The summed E-state index contributed by atoms with van der Waals surface area (Å²) < 4.78 is 15.7. The summed E-state index contributed by atoms with van der Waals surface area (Å²) in [6.45, 7) is 0.295. The van der Waals surface area contributed by atoms with Crippen molar-refractivity contribution < 1.29 is 24.1 Å². The fraction of sp³-hybridized carbons (Fsp3) is 0.150. The molecule has 0 saturated heterocycles. The van der Waals surface area contributed by atoms with Crippen molar-refractivity contribution in [2.45, 2.75) is 0 Å². The Morgan fingerprint density at radius 1 is 0.920 bits per heavy atom. The Morgan fingerprint density at radius 2 is 1.64 bits per heavy atom. The predicted octanol–water partition coefficient (Wildman–Crippen LogP) is 3.79. The van der Waals surface area contributed by atoms with Crippen LogP contribution in [-0.4, -0.2) is 31.4 Å². The number of phenols is 1. The molecule has 0 aromatic heterocycles. The molecule has 0 aliphatic carbocycles. The van der Waals surface area contributed by atoms with Crippen LogP contribution in [0.2, 0.25) is 0 Å². The van der Waals surface area contributed by atoms with Gasteiger partial charge in [0, 0.05) is 5.39 Å². The van der Waals surface area contributed by atoms with Crippen molar-refractivity contribution in [2.24, 2.45) is 0 Å². The minimum atomic E-state index is -0.582. The minimum absolute atomic E-state index is 0.0702. The lowest BCUT2D eigenvalue weighted by molar-refractivity contribution is 0.0447. The van der Waals surface area contributed by atoms with Crippen molar-refractivity contribution in [1.82, 2.24) is 0 Å². The van der Waals surface area contributed by atoms with E-state index >= 15 is 0 Å². The van der Waals surface area contributed by atoms with Crippen molar-refractivity contribution in [1.29, 1.82) is 0 Å². The van der Waals surface area contributed by atoms with E-state index in [0.717, 1.165) is 11.1 Å². The molecule has 0 unspecified atom stereocenters. The van der Waals surface area contributed by atoms with Gasteiger partial charge >= 0.3 is 5.97 Å². The number of hydrogen-bond acceptors (Lipinski definition) is 5. The second kappa shape index (κ2) is 7.57. The average Bonchev–Trinajstić information content (AvgIpc) is 2.66. The highest BCUT2D eigenvalue weighted by Crippen LogP contribution is 2.29. The molecule has 0 heterocycles. The standard InChI is InChI=1S/C20H18O5/c1-23-15-7-9-16(10-8-15)24-12-13-25-20(22)18-11-6-14-4-2-3-5-17(14)19(18)21/h2-11,21H,12-13H2,1H3. The van der Waals surface area contributed by atoms with E-state index in [1.165, 1.54) is 0 Å². The number of esters is 1. The van der Waals surface area contributed by atoms with Gasteiger partial charge in [-0.15, -0.1) is 0 Å². The highest BCUT2D eigenvalue weighted by atomic mass is 16.6. The summed E-state index contributed by atoms with van der Waals surface area (Å²) >= 11 is 0. The van der Waals surface area contributed by atoms with Gasteiger partial charge in [-0.05, 0) is 35.7 Å². The smallest absolute Gasteiger partial charge is 0.342 e. The summed E-state index contributed by atoms with van der Waals surface area (Å²) in [7, 11) is 1.59. The van der Waals surface area contributed by atoms with E-state index in [1.807, 2.05) is 12.1 Å². The maximum Gasteiger partial charge on any atom is 0.342 e. The van der Waals surface area contributed by atoms with Crippen molar-refractivity contribution >= 4 is 16.7 Å². The van der Waals surface area contributed by atoms with Gasteiger partial charge in [-0.2, -0.15) is 0 Å². The van der Waals surface area contributed by atoms with E-state index in [4.69, 9.17) is 14.2 Å². The summed E-state index contributed by atoms with van der Waals surface area (Å²) in [6.07, 6.45) is 0. The first kappa shape index (κ1) is 16.6. The van der Waals surface area contributed by atoms with Gasteiger partial charge < -0.3 is 19.3 Å². The number of fused-ring (bicyclic) bond motifs is 1. The Labute approximate surface area is 145 Å². The Hall–Kier alpha value is -3.21. The molecule has 3 rings (SSSR count). The predicted molar refractivity (Wildman–Crippen MR) is 94.4 cm³/mol. The van der Waals surface area contributed by atoms with E-state index in [9.17, 15) is 9.90 Å². The molecule has 0 aliphatic rings. The first-order valence-corrected chi connectivity index (χ1v) is 7.84. The lowest BCUT2D eigenvalue weighted by atomic mass is 10.1. The fourth-order valence-corrected chi connectivity index (χ4v) is 2.46. The molecule has 0 spiro atoms. The maximum atomic E-state index is 12.1. The molecule has 0 bridgehead atoms. The molecule has 0 aliphatic heterocycles. The number of ether oxygens (including phenoxy) is 3. The zero-order valence-corrected chi connectivity index (χ0v) is 13.8. The summed E-state index contributed by atoms with van der Waals surface area (Å²) in [5.41, 5.74) is 0.142. The fourth-order valence-electron chi connectivity index (χ4n) is 2.46. The van der Waals surface area contributed by atoms with Crippen LogP contribution in [0.5, 0.6) is 17.2 Å². The molecule has 25 heavy (non-hydrogen) atoms. The Morgan fingerprint density at radius 3 is 2.40 bits per heavy atom. The SMILES string of the molecule is COc1ccc(OCCOC(=O)c2ccc3ccccc3c2O)cc1. The van der Waals surface area contributed by atoms with Crippen molar-refractivity contribution in [3.05, 3.63) is 66.2 Å². The molecule has 0 amide bonds. The topological polar surface area (TPSA) is 65.0 Å². The summed E-state index contributed by atoms with van der Waals surface area (Å²) in [4.78, 5) is 12.1. The van der Waals surface area contributed by atoms with Gasteiger partial charge in [0.2, 0.25) is 0 Å². The third-order valence-corrected chi connectivity index (χ3v) is 3.77. The maximum absolute atomic E-state index is 12.1. The number of hydrogen-bond donors (Lipinski definition) is 1. The van der Waals surface area contributed by atoms with Gasteiger partial charge in [-0.3, -0.25) is 0 Å². The molecule has 3 aromatic carbocycles. The molecule has 1 N–H and O–H groups in total. The zero-order chi connectivity index (χ0) is 17.6. The molecule has 0 saturated carbocycles. The number of carbonyl (C=O) groups excluding carboxylic acids is 1. The van der Waals surface area contributed by atoms with Crippen molar-refractivity contribution in [2.75, 3.05) is 20.3 Å². The van der Waals surface area contributed by atoms with Crippen LogP contribution in [0.15, 0.2) is 60.7 Å². The highest BCUT2D eigenvalue weighted by molar-refractivity contribution is 6.01.